The molecule has 1 aliphatic heterocycles. The fourth-order valence-corrected chi connectivity index (χ4v) is 5.40. The van der Waals surface area contributed by atoms with Crippen LogP contribution >= 0.6 is 0 Å². The number of oxime groups is 1. The molecule has 0 radical (unpaired) electrons. The number of carbonyl (C=O) groups excluding carboxylic acids is 2. The van der Waals surface area contributed by atoms with Crippen molar-refractivity contribution in [2.75, 3.05) is 20.3 Å². The summed E-state index contributed by atoms with van der Waals surface area (Å²) in [6, 6.07) is 13.2. The predicted octanol–water partition coefficient (Wildman–Crippen LogP) is 4.11. The number of methoxy groups -OCH3 is 1. The van der Waals surface area contributed by atoms with Crippen molar-refractivity contribution in [2.24, 2.45) is 5.16 Å². The van der Waals surface area contributed by atoms with Crippen LogP contribution in [0.1, 0.15) is 40.9 Å². The quantitative estimate of drug-likeness (QED) is 0.184. The van der Waals surface area contributed by atoms with Crippen molar-refractivity contribution >= 4 is 28.2 Å². The Balaban J connectivity index is 1.55. The molecule has 1 aliphatic carbocycles. The molecule has 0 bridgehead atoms. The Morgan fingerprint density at radius 3 is 2.66 bits per heavy atom. The highest BCUT2D eigenvalue weighted by atomic mass is 16.6. The maximum absolute atomic E-state index is 13.9. The molecular weight excluding hydrogens is 528 g/mol. The highest BCUT2D eigenvalue weighted by Crippen LogP contribution is 2.56. The average molecular weight is 559 g/mol. The number of hydrogen-bond donors (Lipinski definition) is 4. The molecular formula is C31H30N2O8. The van der Waals surface area contributed by atoms with E-state index >= 15 is 0 Å². The van der Waals surface area contributed by atoms with Gasteiger partial charge in [-0.05, 0) is 42.7 Å². The summed E-state index contributed by atoms with van der Waals surface area (Å²) < 4.78 is 11.5. The number of carbonyl (C=O) groups is 2. The van der Waals surface area contributed by atoms with Crippen molar-refractivity contribution < 1.29 is 39.2 Å². The molecule has 0 unspecified atom stereocenters. The number of nitrogens with one attached hydrogen (secondary N) is 1. The Bertz CT molecular complexity index is 1690. The molecule has 5 rings (SSSR count). The first-order valence-electron chi connectivity index (χ1n) is 13.0. The average Bonchev–Trinajstić information content (AvgIpc) is 3.25. The number of hydrogen-bond acceptors (Lipinski definition) is 9. The Hall–Kier alpha value is -4.83. The van der Waals surface area contributed by atoms with Crippen LogP contribution in [0.4, 0.5) is 0 Å². The first kappa shape index (κ1) is 27.7. The van der Waals surface area contributed by atoms with Crippen molar-refractivity contribution in [3.05, 3.63) is 87.9 Å². The number of nitrogens with zero attached hydrogens (tertiary/aromatic N) is 1. The van der Waals surface area contributed by atoms with Gasteiger partial charge in [-0.3, -0.25) is 9.59 Å². The fraction of sp³-hybridized carbons (Fsp3) is 0.258. The molecule has 10 nitrogen and oxygen atoms in total. The SMILES string of the molecule is COc1cc(O)c2c(c1C(=O)NCc1c(C)ccc3ccccc13)OC1=CC(O)=C(C(C)=NOCCO)C(=O)[C@]12C. The van der Waals surface area contributed by atoms with Crippen molar-refractivity contribution in [1.29, 1.82) is 0 Å². The van der Waals surface area contributed by atoms with Crippen LogP contribution in [0.2, 0.25) is 0 Å². The minimum atomic E-state index is -1.58. The molecule has 0 aromatic heterocycles. The summed E-state index contributed by atoms with van der Waals surface area (Å²) in [5, 5.41) is 39.6. The second-order valence-electron chi connectivity index (χ2n) is 10.0. The number of rotatable bonds is 8. The molecule has 0 spiro atoms. The molecule has 4 N–H and O–H groups in total. The first-order chi connectivity index (χ1) is 19.6. The van der Waals surface area contributed by atoms with E-state index in [0.29, 0.717) is 0 Å². The van der Waals surface area contributed by atoms with Gasteiger partial charge in [-0.1, -0.05) is 41.6 Å². The third-order valence-electron chi connectivity index (χ3n) is 7.53. The summed E-state index contributed by atoms with van der Waals surface area (Å²) in [5.74, 6) is -1.83. The molecule has 212 valence electrons. The molecule has 1 amide bonds. The molecule has 0 fully saturated rings. The highest BCUT2D eigenvalue weighted by Gasteiger charge is 2.55. The van der Waals surface area contributed by atoms with Crippen molar-refractivity contribution in [3.8, 4) is 17.2 Å². The van der Waals surface area contributed by atoms with E-state index in [-0.39, 0.29) is 65.2 Å². The lowest BCUT2D eigenvalue weighted by atomic mass is 9.71. The maximum Gasteiger partial charge on any atom is 0.259 e. The number of aromatic hydroxyl groups is 1. The second-order valence-corrected chi connectivity index (χ2v) is 10.0. The lowest BCUT2D eigenvalue weighted by Crippen LogP contribution is -2.39. The smallest absolute Gasteiger partial charge is 0.259 e. The number of phenols is 1. The number of aliphatic hydroxyl groups excluding tert-OH is 2. The van der Waals surface area contributed by atoms with Gasteiger partial charge in [0.1, 0.15) is 40.6 Å². The molecule has 2 aliphatic rings. The van der Waals surface area contributed by atoms with Gasteiger partial charge in [0, 0.05) is 18.7 Å². The number of fused-ring (bicyclic) bond motifs is 4. The number of aryl methyl sites for hydroxylation is 1. The number of aliphatic hydroxyl groups is 2. The molecule has 3 aromatic rings. The van der Waals surface area contributed by atoms with Crippen LogP contribution in [0.15, 0.2) is 70.8 Å². The first-order valence-corrected chi connectivity index (χ1v) is 13.0. The minimum Gasteiger partial charge on any atom is -0.507 e. The summed E-state index contributed by atoms with van der Waals surface area (Å²) in [5.41, 5.74) is 0.368. The Labute approximate surface area is 236 Å². The zero-order valence-electron chi connectivity index (χ0n) is 23.1. The number of phenolic OH excluding ortho intramolecular Hbond substituents is 1. The number of Topliss-reactive ketones (excluding diaryl/α,β-unsaturated/α-hetero) is 1. The number of allylic oxidation sites excluding steroid dienone is 3. The molecule has 1 heterocycles. The zero-order valence-corrected chi connectivity index (χ0v) is 23.1. The van der Waals surface area contributed by atoms with Gasteiger partial charge in [0.25, 0.3) is 5.91 Å². The van der Waals surface area contributed by atoms with Gasteiger partial charge in [0.05, 0.1) is 30.6 Å². The van der Waals surface area contributed by atoms with E-state index in [9.17, 15) is 19.8 Å². The van der Waals surface area contributed by atoms with E-state index in [1.54, 1.807) is 0 Å². The summed E-state index contributed by atoms with van der Waals surface area (Å²) in [4.78, 5) is 32.6. The second kappa shape index (κ2) is 10.6. The molecule has 3 aromatic carbocycles. The van der Waals surface area contributed by atoms with Crippen LogP contribution in [0.5, 0.6) is 17.2 Å². The predicted molar refractivity (Wildman–Crippen MR) is 151 cm³/mol. The number of ketones is 1. The van der Waals surface area contributed by atoms with Gasteiger partial charge in [-0.15, -0.1) is 0 Å². The summed E-state index contributed by atoms with van der Waals surface area (Å²) >= 11 is 0. The third kappa shape index (κ3) is 4.46. The van der Waals surface area contributed by atoms with E-state index in [1.807, 2.05) is 43.3 Å². The maximum atomic E-state index is 13.9. The number of ether oxygens (including phenoxy) is 2. The normalized spacial score (nSPS) is 18.0. The molecule has 41 heavy (non-hydrogen) atoms. The molecule has 0 saturated heterocycles. The standard InChI is InChI=1S/C31H30N2O8/c1-16-9-10-18-7-5-6-8-19(18)20(16)15-32-30(38)26-23(39-4)13-22(36)27-28(26)41-24-14-21(35)25(29(37)31(24,27)3)17(2)33-40-12-11-34/h5-10,13-14,34-36H,11-12,15H2,1-4H3,(H,32,38)/t31-/m1/s1. The summed E-state index contributed by atoms with van der Waals surface area (Å²) in [6.07, 6.45) is 1.26. The van der Waals surface area contributed by atoms with Crippen LogP contribution in [0.3, 0.4) is 0 Å². The van der Waals surface area contributed by atoms with E-state index in [4.69, 9.17) is 19.4 Å². The van der Waals surface area contributed by atoms with E-state index < -0.39 is 22.9 Å². The summed E-state index contributed by atoms with van der Waals surface area (Å²) in [7, 11) is 1.36. The van der Waals surface area contributed by atoms with Gasteiger partial charge in [0.2, 0.25) is 0 Å². The fourth-order valence-electron chi connectivity index (χ4n) is 5.40. The number of amides is 1. The minimum absolute atomic E-state index is 0.000206. The third-order valence-corrected chi connectivity index (χ3v) is 7.53. The van der Waals surface area contributed by atoms with Crippen LogP contribution in [-0.2, 0) is 21.6 Å². The van der Waals surface area contributed by atoms with Crippen LogP contribution in [-0.4, -0.2) is 53.0 Å². The van der Waals surface area contributed by atoms with Gasteiger partial charge in [0.15, 0.2) is 11.5 Å². The van der Waals surface area contributed by atoms with E-state index in [1.165, 1.54) is 33.1 Å². The van der Waals surface area contributed by atoms with E-state index in [0.717, 1.165) is 21.9 Å². The monoisotopic (exact) mass is 558 g/mol. The molecule has 1 atom stereocenters. The van der Waals surface area contributed by atoms with Gasteiger partial charge in [-0.25, -0.2) is 0 Å². The highest BCUT2D eigenvalue weighted by molar-refractivity contribution is 6.27. The van der Waals surface area contributed by atoms with E-state index in [2.05, 4.69) is 10.5 Å². The van der Waals surface area contributed by atoms with Crippen molar-refractivity contribution in [3.63, 3.8) is 0 Å². The Morgan fingerprint density at radius 1 is 1.17 bits per heavy atom. The summed E-state index contributed by atoms with van der Waals surface area (Å²) in [6.45, 7) is 4.81. The van der Waals surface area contributed by atoms with Crippen LogP contribution < -0.4 is 14.8 Å². The topological polar surface area (TPSA) is 147 Å². The van der Waals surface area contributed by atoms with Gasteiger partial charge in [-0.2, -0.15) is 0 Å². The van der Waals surface area contributed by atoms with Crippen LogP contribution in [0.25, 0.3) is 10.8 Å². The van der Waals surface area contributed by atoms with Gasteiger partial charge < -0.3 is 34.9 Å². The van der Waals surface area contributed by atoms with Crippen molar-refractivity contribution in [2.45, 2.75) is 32.7 Å². The Kier molecular flexibility index (Phi) is 7.18. The van der Waals surface area contributed by atoms with Crippen molar-refractivity contribution in [1.82, 2.24) is 5.32 Å². The lowest BCUT2D eigenvalue weighted by molar-refractivity contribution is -0.119. The zero-order chi connectivity index (χ0) is 29.5. The lowest BCUT2D eigenvalue weighted by Gasteiger charge is -2.28. The largest absolute Gasteiger partial charge is 0.507 e. The van der Waals surface area contributed by atoms with Crippen LogP contribution in [0, 0.1) is 6.92 Å². The van der Waals surface area contributed by atoms with Gasteiger partial charge >= 0.3 is 0 Å². The molecule has 10 heteroatoms. The molecule has 0 saturated carbocycles. The Morgan fingerprint density at radius 2 is 1.93 bits per heavy atom. The number of benzene rings is 3.